The van der Waals surface area contributed by atoms with Gasteiger partial charge < -0.3 is 10.2 Å². The van der Waals surface area contributed by atoms with Gasteiger partial charge in [-0.25, -0.2) is 4.39 Å². The third-order valence-electron chi connectivity index (χ3n) is 2.22. The van der Waals surface area contributed by atoms with Crippen molar-refractivity contribution in [1.29, 1.82) is 0 Å². The first kappa shape index (κ1) is 9.86. The molecule has 0 amide bonds. The van der Waals surface area contributed by atoms with Crippen molar-refractivity contribution >= 4 is 11.0 Å². The summed E-state index contributed by atoms with van der Waals surface area (Å²) in [4.78, 5) is 11.8. The first-order chi connectivity index (χ1) is 7.22. The second-order valence-electron chi connectivity index (χ2n) is 3.27. The van der Waals surface area contributed by atoms with Gasteiger partial charge in [-0.3, -0.25) is 4.79 Å². The number of nitrogens with two attached hydrogens (primary N) is 1. The molecule has 2 aromatic rings. The molecule has 0 atom stereocenters. The average Bonchev–Trinajstić information content (AvgIpc) is 2.23. The Morgan fingerprint density at radius 3 is 2.93 bits per heavy atom. The van der Waals surface area contributed by atoms with Gasteiger partial charge in [0.15, 0.2) is 5.43 Å². The normalized spacial score (nSPS) is 10.8. The summed E-state index contributed by atoms with van der Waals surface area (Å²) in [7, 11) is 0. The van der Waals surface area contributed by atoms with Crippen LogP contribution in [-0.2, 0) is 6.42 Å². The van der Waals surface area contributed by atoms with Crippen molar-refractivity contribution in [2.75, 3.05) is 6.54 Å². The van der Waals surface area contributed by atoms with E-state index in [0.29, 0.717) is 24.1 Å². The highest BCUT2D eigenvalue weighted by Crippen LogP contribution is 2.12. The van der Waals surface area contributed by atoms with Crippen LogP contribution in [0.25, 0.3) is 11.0 Å². The van der Waals surface area contributed by atoms with Crippen LogP contribution in [-0.4, -0.2) is 6.54 Å². The minimum absolute atomic E-state index is 0.207. The van der Waals surface area contributed by atoms with E-state index in [1.54, 1.807) is 0 Å². The van der Waals surface area contributed by atoms with E-state index < -0.39 is 5.82 Å². The smallest absolute Gasteiger partial charge is 0.195 e. The quantitative estimate of drug-likeness (QED) is 0.810. The lowest BCUT2D eigenvalue weighted by Crippen LogP contribution is -2.13. The summed E-state index contributed by atoms with van der Waals surface area (Å²) >= 11 is 0. The Hall–Kier alpha value is -1.68. The van der Waals surface area contributed by atoms with Gasteiger partial charge in [-0.15, -0.1) is 0 Å². The van der Waals surface area contributed by atoms with Gasteiger partial charge in [-0.05, 0) is 31.2 Å². The number of benzene rings is 1. The van der Waals surface area contributed by atoms with Gasteiger partial charge >= 0.3 is 0 Å². The molecule has 15 heavy (non-hydrogen) atoms. The summed E-state index contributed by atoms with van der Waals surface area (Å²) in [5.41, 5.74) is 6.01. The molecule has 0 aliphatic rings. The summed E-state index contributed by atoms with van der Waals surface area (Å²) < 4.78 is 18.1. The molecule has 78 valence electrons. The molecule has 1 aromatic heterocycles. The highest BCUT2D eigenvalue weighted by Gasteiger charge is 2.06. The molecule has 0 aliphatic carbocycles. The summed E-state index contributed by atoms with van der Waals surface area (Å²) in [5.74, 6) is -0.445. The lowest BCUT2D eigenvalue weighted by molar-refractivity contribution is 0.587. The van der Waals surface area contributed by atoms with Crippen molar-refractivity contribution in [3.05, 3.63) is 46.1 Å². The van der Waals surface area contributed by atoms with Crippen LogP contribution in [0.5, 0.6) is 0 Å². The van der Waals surface area contributed by atoms with Crippen molar-refractivity contribution < 1.29 is 8.81 Å². The van der Waals surface area contributed by atoms with Crippen molar-refractivity contribution in [2.24, 2.45) is 5.73 Å². The number of hydrogen-bond acceptors (Lipinski definition) is 3. The van der Waals surface area contributed by atoms with E-state index in [-0.39, 0.29) is 10.8 Å². The molecule has 0 aliphatic heterocycles. The Morgan fingerprint density at radius 1 is 1.40 bits per heavy atom. The monoisotopic (exact) mass is 207 g/mol. The summed E-state index contributed by atoms with van der Waals surface area (Å²) in [5, 5.41) is 0.265. The zero-order valence-electron chi connectivity index (χ0n) is 8.00. The molecule has 0 unspecified atom stereocenters. The molecule has 1 heterocycles. The Bertz CT molecular complexity index is 548. The number of rotatable bonds is 2. The van der Waals surface area contributed by atoms with E-state index >= 15 is 0 Å². The van der Waals surface area contributed by atoms with Crippen LogP contribution in [0.3, 0.4) is 0 Å². The van der Waals surface area contributed by atoms with E-state index in [9.17, 15) is 9.18 Å². The van der Waals surface area contributed by atoms with Crippen LogP contribution in [0, 0.1) is 5.82 Å². The SMILES string of the molecule is NCCc1coc2ccc(F)cc2c1=O. The standard InChI is InChI=1S/C11H10FNO2/c12-8-1-2-10-9(5-8)11(14)7(3-4-13)6-15-10/h1-2,5-6H,3-4,13H2. The van der Waals surface area contributed by atoms with Crippen molar-refractivity contribution in [1.82, 2.24) is 0 Å². The zero-order chi connectivity index (χ0) is 10.8. The van der Waals surface area contributed by atoms with E-state index in [0.717, 1.165) is 0 Å². The molecule has 0 saturated heterocycles. The van der Waals surface area contributed by atoms with Crippen molar-refractivity contribution in [3.8, 4) is 0 Å². The second kappa shape index (κ2) is 3.82. The van der Waals surface area contributed by atoms with Crippen LogP contribution in [0.1, 0.15) is 5.56 Å². The molecular formula is C11H10FNO2. The van der Waals surface area contributed by atoms with E-state index in [4.69, 9.17) is 10.2 Å². The first-order valence-electron chi connectivity index (χ1n) is 4.62. The lowest BCUT2D eigenvalue weighted by Gasteiger charge is -2.00. The summed E-state index contributed by atoms with van der Waals surface area (Å²) in [6, 6.07) is 3.88. The van der Waals surface area contributed by atoms with Gasteiger partial charge in [0.2, 0.25) is 0 Å². The van der Waals surface area contributed by atoms with Gasteiger partial charge in [0.05, 0.1) is 11.6 Å². The third kappa shape index (κ3) is 1.76. The van der Waals surface area contributed by atoms with Gasteiger partial charge in [-0.2, -0.15) is 0 Å². The van der Waals surface area contributed by atoms with E-state index in [1.807, 2.05) is 0 Å². The van der Waals surface area contributed by atoms with Gasteiger partial charge in [-0.1, -0.05) is 0 Å². The molecule has 0 fully saturated rings. The Labute approximate surface area is 85.3 Å². The highest BCUT2D eigenvalue weighted by atomic mass is 19.1. The van der Waals surface area contributed by atoms with Crippen molar-refractivity contribution in [2.45, 2.75) is 6.42 Å². The van der Waals surface area contributed by atoms with Gasteiger partial charge in [0.1, 0.15) is 11.4 Å². The lowest BCUT2D eigenvalue weighted by atomic mass is 10.1. The maximum Gasteiger partial charge on any atom is 0.195 e. The minimum atomic E-state index is -0.445. The third-order valence-corrected chi connectivity index (χ3v) is 2.22. The van der Waals surface area contributed by atoms with Gasteiger partial charge in [0.25, 0.3) is 0 Å². The molecule has 4 heteroatoms. The maximum atomic E-state index is 12.9. The highest BCUT2D eigenvalue weighted by molar-refractivity contribution is 5.76. The Kier molecular flexibility index (Phi) is 2.51. The number of hydrogen-bond donors (Lipinski definition) is 1. The molecular weight excluding hydrogens is 197 g/mol. The van der Waals surface area contributed by atoms with Crippen LogP contribution in [0.15, 0.2) is 33.7 Å². The molecule has 1 aromatic carbocycles. The molecule has 0 bridgehead atoms. The van der Waals surface area contributed by atoms with Crippen LogP contribution in [0.2, 0.25) is 0 Å². The van der Waals surface area contributed by atoms with E-state index in [2.05, 4.69) is 0 Å². The van der Waals surface area contributed by atoms with Crippen LogP contribution < -0.4 is 11.2 Å². The predicted octanol–water partition coefficient (Wildman–Crippen LogP) is 1.43. The first-order valence-corrected chi connectivity index (χ1v) is 4.62. The maximum absolute atomic E-state index is 12.9. The van der Waals surface area contributed by atoms with Crippen LogP contribution in [0.4, 0.5) is 4.39 Å². The molecule has 3 nitrogen and oxygen atoms in total. The van der Waals surface area contributed by atoms with Gasteiger partial charge in [0, 0.05) is 5.56 Å². The molecule has 0 radical (unpaired) electrons. The number of fused-ring (bicyclic) bond motifs is 1. The van der Waals surface area contributed by atoms with Crippen molar-refractivity contribution in [3.63, 3.8) is 0 Å². The number of halogens is 1. The second-order valence-corrected chi connectivity index (χ2v) is 3.27. The largest absolute Gasteiger partial charge is 0.464 e. The Morgan fingerprint density at radius 2 is 2.20 bits per heavy atom. The molecule has 2 N–H and O–H groups in total. The zero-order valence-corrected chi connectivity index (χ0v) is 8.00. The predicted molar refractivity (Wildman–Crippen MR) is 55.2 cm³/mol. The van der Waals surface area contributed by atoms with E-state index in [1.165, 1.54) is 24.5 Å². The fourth-order valence-corrected chi connectivity index (χ4v) is 1.47. The fourth-order valence-electron chi connectivity index (χ4n) is 1.47. The summed E-state index contributed by atoms with van der Waals surface area (Å²) in [6.45, 7) is 0.367. The Balaban J connectivity index is 2.71. The van der Waals surface area contributed by atoms with Crippen LogP contribution >= 0.6 is 0 Å². The molecule has 2 rings (SSSR count). The fraction of sp³-hybridized carbons (Fsp3) is 0.182. The molecule has 0 spiro atoms. The minimum Gasteiger partial charge on any atom is -0.464 e. The average molecular weight is 207 g/mol. The summed E-state index contributed by atoms with van der Waals surface area (Å²) in [6.07, 6.45) is 1.82. The molecule has 0 saturated carbocycles. The topological polar surface area (TPSA) is 56.2 Å².